The molecule has 0 saturated heterocycles. The molecule has 0 unspecified atom stereocenters. The number of carbonyl (C=O) groups excluding carboxylic acids is 1. The highest BCUT2D eigenvalue weighted by molar-refractivity contribution is 5.93. The number of rotatable bonds is 5. The highest BCUT2D eigenvalue weighted by Crippen LogP contribution is 2.14. The van der Waals surface area contributed by atoms with Crippen LogP contribution in [0.1, 0.15) is 41.5 Å². The molecule has 2 rings (SSSR count). The van der Waals surface area contributed by atoms with E-state index in [1.807, 2.05) is 38.1 Å². The Balaban J connectivity index is 2.01. The minimum atomic E-state index is -0.357. The summed E-state index contributed by atoms with van der Waals surface area (Å²) in [5.74, 6) is 0.623. The molecule has 0 aliphatic carbocycles. The number of hydrogen-bond donors (Lipinski definition) is 2. The van der Waals surface area contributed by atoms with Gasteiger partial charge in [-0.25, -0.2) is 5.43 Å². The first-order chi connectivity index (χ1) is 10.1. The van der Waals surface area contributed by atoms with Crippen LogP contribution in [0, 0.1) is 0 Å². The number of nitrogens with one attached hydrogen (secondary N) is 2. The average molecular weight is 286 g/mol. The molecule has 0 atom stereocenters. The summed E-state index contributed by atoms with van der Waals surface area (Å²) in [6.45, 7) is 4.05. The van der Waals surface area contributed by atoms with Crippen LogP contribution in [0.2, 0.25) is 0 Å². The van der Waals surface area contributed by atoms with Crippen LogP contribution in [0.5, 0.6) is 5.75 Å². The van der Waals surface area contributed by atoms with Gasteiger partial charge in [0.05, 0.1) is 13.3 Å². The van der Waals surface area contributed by atoms with Crippen molar-refractivity contribution in [3.05, 3.63) is 47.3 Å². The third-order valence-electron chi connectivity index (χ3n) is 2.96. The lowest BCUT2D eigenvalue weighted by Crippen LogP contribution is -2.18. The summed E-state index contributed by atoms with van der Waals surface area (Å²) in [7, 11) is 1.59. The average Bonchev–Trinajstić information content (AvgIpc) is 2.98. The number of methoxy groups -OCH3 is 1. The first-order valence-electron chi connectivity index (χ1n) is 6.63. The van der Waals surface area contributed by atoms with Gasteiger partial charge in [-0.3, -0.25) is 9.89 Å². The maximum absolute atomic E-state index is 11.9. The number of ether oxygens (including phenoxy) is 1. The fraction of sp³-hybridized carbons (Fsp3) is 0.267. The molecule has 110 valence electrons. The molecule has 0 spiro atoms. The van der Waals surface area contributed by atoms with Gasteiger partial charge < -0.3 is 4.74 Å². The number of H-pyrrole nitrogens is 1. The lowest BCUT2D eigenvalue weighted by atomic mass is 10.1. The summed E-state index contributed by atoms with van der Waals surface area (Å²) < 4.78 is 5.20. The highest BCUT2D eigenvalue weighted by Gasteiger charge is 2.11. The van der Waals surface area contributed by atoms with Gasteiger partial charge in [0.1, 0.15) is 5.75 Å². The Labute approximate surface area is 123 Å². The molecule has 1 amide bonds. The van der Waals surface area contributed by atoms with E-state index in [0.717, 1.165) is 11.3 Å². The van der Waals surface area contributed by atoms with Crippen molar-refractivity contribution in [3.8, 4) is 5.75 Å². The van der Waals surface area contributed by atoms with Gasteiger partial charge in [0.25, 0.3) is 5.91 Å². The number of hydrazone groups is 1. The summed E-state index contributed by atoms with van der Waals surface area (Å²) in [4.78, 5) is 11.9. The van der Waals surface area contributed by atoms with Gasteiger partial charge >= 0.3 is 0 Å². The molecule has 0 bridgehead atoms. The van der Waals surface area contributed by atoms with E-state index in [1.165, 1.54) is 6.21 Å². The lowest BCUT2D eigenvalue weighted by molar-refractivity contribution is 0.0950. The standard InChI is InChI=1S/C15H18N4O2/c1-10(2)12-8-13(18-17-12)15(20)19-16-9-11-6-4-5-7-14(11)21-3/h4-10H,1-3H3,(H,17,18)(H,19,20). The van der Waals surface area contributed by atoms with Crippen molar-refractivity contribution in [3.63, 3.8) is 0 Å². The van der Waals surface area contributed by atoms with Crippen molar-refractivity contribution in [2.45, 2.75) is 19.8 Å². The van der Waals surface area contributed by atoms with Gasteiger partial charge in [-0.15, -0.1) is 0 Å². The third kappa shape index (κ3) is 3.68. The summed E-state index contributed by atoms with van der Waals surface area (Å²) in [6, 6.07) is 9.13. The second kappa shape index (κ2) is 6.69. The molecule has 6 heteroatoms. The van der Waals surface area contributed by atoms with Crippen molar-refractivity contribution >= 4 is 12.1 Å². The molecule has 2 N–H and O–H groups in total. The fourth-order valence-electron chi connectivity index (χ4n) is 1.74. The molecule has 0 radical (unpaired) electrons. The molecule has 2 aromatic rings. The van der Waals surface area contributed by atoms with E-state index in [-0.39, 0.29) is 11.8 Å². The second-order valence-corrected chi connectivity index (χ2v) is 4.80. The largest absolute Gasteiger partial charge is 0.496 e. The third-order valence-corrected chi connectivity index (χ3v) is 2.96. The number of carbonyl (C=O) groups is 1. The van der Waals surface area contributed by atoms with Crippen LogP contribution in [0.4, 0.5) is 0 Å². The van der Waals surface area contributed by atoms with E-state index in [0.29, 0.717) is 11.4 Å². The first kappa shape index (κ1) is 14.8. The number of hydrogen-bond acceptors (Lipinski definition) is 4. The van der Waals surface area contributed by atoms with Crippen LogP contribution in [0.3, 0.4) is 0 Å². The zero-order valence-corrected chi connectivity index (χ0v) is 12.3. The maximum Gasteiger partial charge on any atom is 0.291 e. The summed E-state index contributed by atoms with van der Waals surface area (Å²) in [5, 5.41) is 10.7. The maximum atomic E-state index is 11.9. The van der Waals surface area contributed by atoms with Gasteiger partial charge in [-0.05, 0) is 24.1 Å². The van der Waals surface area contributed by atoms with Gasteiger partial charge in [0, 0.05) is 11.3 Å². The van der Waals surface area contributed by atoms with E-state index in [2.05, 4.69) is 20.7 Å². The Kier molecular flexibility index (Phi) is 4.71. The van der Waals surface area contributed by atoms with E-state index >= 15 is 0 Å². The van der Waals surface area contributed by atoms with Crippen molar-refractivity contribution in [2.75, 3.05) is 7.11 Å². The van der Waals surface area contributed by atoms with Crippen molar-refractivity contribution < 1.29 is 9.53 Å². The number of aromatic amines is 1. The monoisotopic (exact) mass is 286 g/mol. The zero-order chi connectivity index (χ0) is 15.2. The van der Waals surface area contributed by atoms with Crippen molar-refractivity contribution in [1.82, 2.24) is 15.6 Å². The van der Waals surface area contributed by atoms with Crippen LogP contribution in [-0.2, 0) is 0 Å². The SMILES string of the molecule is COc1ccccc1C=NNC(=O)c1cc(C(C)C)[nH]n1. The van der Waals surface area contributed by atoms with Crippen LogP contribution in [-0.4, -0.2) is 29.4 Å². The van der Waals surface area contributed by atoms with Crippen LogP contribution in [0.25, 0.3) is 0 Å². The number of aromatic nitrogens is 2. The Morgan fingerprint density at radius 2 is 2.19 bits per heavy atom. The molecule has 0 fully saturated rings. The Bertz CT molecular complexity index is 647. The highest BCUT2D eigenvalue weighted by atomic mass is 16.5. The van der Waals surface area contributed by atoms with Gasteiger partial charge in [-0.2, -0.15) is 10.2 Å². The molecule has 21 heavy (non-hydrogen) atoms. The number of nitrogens with zero attached hydrogens (tertiary/aromatic N) is 2. The summed E-state index contributed by atoms with van der Waals surface area (Å²) in [5.41, 5.74) is 4.45. The van der Waals surface area contributed by atoms with E-state index in [4.69, 9.17) is 4.74 Å². The van der Waals surface area contributed by atoms with Crippen molar-refractivity contribution in [1.29, 1.82) is 0 Å². The zero-order valence-electron chi connectivity index (χ0n) is 12.3. The minimum Gasteiger partial charge on any atom is -0.496 e. The molecular formula is C15H18N4O2. The van der Waals surface area contributed by atoms with Gasteiger partial charge in [-0.1, -0.05) is 26.0 Å². The lowest BCUT2D eigenvalue weighted by Gasteiger charge is -2.02. The van der Waals surface area contributed by atoms with Crippen LogP contribution < -0.4 is 10.2 Å². The van der Waals surface area contributed by atoms with Crippen molar-refractivity contribution in [2.24, 2.45) is 5.10 Å². The van der Waals surface area contributed by atoms with E-state index in [1.54, 1.807) is 13.2 Å². The molecule has 0 saturated carbocycles. The Hall–Kier alpha value is -2.63. The Morgan fingerprint density at radius 1 is 1.43 bits per heavy atom. The second-order valence-electron chi connectivity index (χ2n) is 4.80. The number of amides is 1. The smallest absolute Gasteiger partial charge is 0.291 e. The molecule has 6 nitrogen and oxygen atoms in total. The Morgan fingerprint density at radius 3 is 2.86 bits per heavy atom. The molecule has 0 aliphatic heterocycles. The predicted molar refractivity (Wildman–Crippen MR) is 80.7 cm³/mol. The molecule has 1 aromatic carbocycles. The topological polar surface area (TPSA) is 79.4 Å². The normalized spacial score (nSPS) is 11.0. The minimum absolute atomic E-state index is 0.288. The number of benzene rings is 1. The molecule has 1 heterocycles. The van der Waals surface area contributed by atoms with Gasteiger partial charge in [0.15, 0.2) is 5.69 Å². The quantitative estimate of drug-likeness (QED) is 0.654. The molecular weight excluding hydrogens is 268 g/mol. The van der Waals surface area contributed by atoms with E-state index < -0.39 is 0 Å². The van der Waals surface area contributed by atoms with Gasteiger partial charge in [0.2, 0.25) is 0 Å². The summed E-state index contributed by atoms with van der Waals surface area (Å²) in [6.07, 6.45) is 1.53. The van der Waals surface area contributed by atoms with E-state index in [9.17, 15) is 4.79 Å². The summed E-state index contributed by atoms with van der Waals surface area (Å²) >= 11 is 0. The predicted octanol–water partition coefficient (Wildman–Crippen LogP) is 2.31. The van der Waals surface area contributed by atoms with Crippen LogP contribution in [0.15, 0.2) is 35.4 Å². The van der Waals surface area contributed by atoms with Crippen LogP contribution >= 0.6 is 0 Å². The number of para-hydroxylation sites is 1. The first-order valence-corrected chi connectivity index (χ1v) is 6.63. The molecule has 1 aromatic heterocycles. The fourth-order valence-corrected chi connectivity index (χ4v) is 1.74. The molecule has 0 aliphatic rings.